The highest BCUT2D eigenvalue weighted by atomic mass is 35.5. The first-order valence-electron chi connectivity index (χ1n) is 21.3. The second-order valence-electron chi connectivity index (χ2n) is 16.2. The zero-order valence-electron chi connectivity index (χ0n) is 36.4. The van der Waals surface area contributed by atoms with Crippen LogP contribution in [0.1, 0.15) is 54.2 Å². The van der Waals surface area contributed by atoms with Crippen molar-refractivity contribution in [2.45, 2.75) is 52.6 Å². The standard InChI is InChI=1S/C51H51ClF2N4O6/c1-33-37(15-10-16-47(33)61-4)29-57(39-17-19-41(20-18-39)63-32-35-11-6-5-7-12-35)49(59)42-27-46(55(3)34(42)2)43-26-45(52)48(64-51(53)54)28-44(43)50(60)58-30-38-14-9-8-13-36(38)25-40(58)31-56-21-23-62-24-22-56/h5-20,26-28,40,51H,21-25,29-32H2,1-4H3. The summed E-state index contributed by atoms with van der Waals surface area (Å²) in [7, 11) is 3.42. The molecule has 0 aliphatic carbocycles. The fraction of sp³-hybridized carbons (Fsp3) is 0.294. The summed E-state index contributed by atoms with van der Waals surface area (Å²) >= 11 is 6.70. The van der Waals surface area contributed by atoms with Crippen molar-refractivity contribution in [2.75, 3.05) is 44.9 Å². The Kier molecular flexibility index (Phi) is 13.6. The quantitative estimate of drug-likeness (QED) is 0.108. The van der Waals surface area contributed by atoms with E-state index in [-0.39, 0.29) is 40.7 Å². The van der Waals surface area contributed by atoms with Gasteiger partial charge in [-0.05, 0) is 96.6 Å². The topological polar surface area (TPSA) is 85.7 Å². The van der Waals surface area contributed by atoms with Gasteiger partial charge < -0.3 is 33.3 Å². The van der Waals surface area contributed by atoms with E-state index < -0.39 is 6.61 Å². The molecule has 2 aliphatic heterocycles. The van der Waals surface area contributed by atoms with Gasteiger partial charge in [-0.15, -0.1) is 0 Å². The molecule has 3 heterocycles. The Bertz CT molecular complexity index is 2610. The second-order valence-corrected chi connectivity index (χ2v) is 16.6. The van der Waals surface area contributed by atoms with Crippen molar-refractivity contribution < 1.29 is 37.3 Å². The van der Waals surface area contributed by atoms with Gasteiger partial charge in [0.1, 0.15) is 23.9 Å². The molecule has 0 radical (unpaired) electrons. The van der Waals surface area contributed by atoms with Crippen LogP contribution in [0.5, 0.6) is 17.2 Å². The normalized spacial score (nSPS) is 15.2. The molecule has 1 unspecified atom stereocenters. The highest BCUT2D eigenvalue weighted by Gasteiger charge is 2.35. The molecule has 0 N–H and O–H groups in total. The van der Waals surface area contributed by atoms with Crippen molar-refractivity contribution in [3.05, 3.63) is 165 Å². The maximum atomic E-state index is 15.2. The Hall–Kier alpha value is -6.21. The average molecular weight is 889 g/mol. The Balaban J connectivity index is 1.18. The summed E-state index contributed by atoms with van der Waals surface area (Å²) < 4.78 is 51.7. The molecule has 1 fully saturated rings. The van der Waals surface area contributed by atoms with E-state index in [1.54, 1.807) is 25.1 Å². The smallest absolute Gasteiger partial charge is 0.387 e. The van der Waals surface area contributed by atoms with Gasteiger partial charge in [0.15, 0.2) is 0 Å². The summed E-state index contributed by atoms with van der Waals surface area (Å²) in [6, 6.07) is 35.4. The Morgan fingerprint density at radius 3 is 2.30 bits per heavy atom. The van der Waals surface area contributed by atoms with Crippen LogP contribution in [0.4, 0.5) is 14.5 Å². The van der Waals surface area contributed by atoms with Crippen molar-refractivity contribution in [1.82, 2.24) is 14.4 Å². The predicted molar refractivity (Wildman–Crippen MR) is 244 cm³/mol. The highest BCUT2D eigenvalue weighted by molar-refractivity contribution is 6.32. The summed E-state index contributed by atoms with van der Waals surface area (Å²) in [6.45, 7) is 4.83. The van der Waals surface area contributed by atoms with Crippen LogP contribution < -0.4 is 19.1 Å². The van der Waals surface area contributed by atoms with Gasteiger partial charge in [0.05, 0.1) is 43.0 Å². The molecular formula is C51H51ClF2N4O6. The van der Waals surface area contributed by atoms with Crippen LogP contribution in [0.3, 0.4) is 0 Å². The molecule has 1 atom stereocenters. The number of carbonyl (C=O) groups is 2. The first-order chi connectivity index (χ1) is 31.0. The zero-order valence-corrected chi connectivity index (χ0v) is 37.1. The van der Waals surface area contributed by atoms with Gasteiger partial charge in [-0.25, -0.2) is 0 Å². The number of morpholine rings is 1. The van der Waals surface area contributed by atoms with E-state index in [1.807, 2.05) is 114 Å². The number of hydrogen-bond donors (Lipinski definition) is 0. The lowest BCUT2D eigenvalue weighted by Gasteiger charge is -2.40. The molecular weight excluding hydrogens is 838 g/mol. The molecule has 0 spiro atoms. The summed E-state index contributed by atoms with van der Waals surface area (Å²) in [5.74, 6) is 0.368. The molecule has 2 amide bonds. The second kappa shape index (κ2) is 19.7. The maximum Gasteiger partial charge on any atom is 0.387 e. The van der Waals surface area contributed by atoms with Crippen molar-refractivity contribution in [1.29, 1.82) is 0 Å². The Morgan fingerprint density at radius 2 is 1.58 bits per heavy atom. The van der Waals surface area contributed by atoms with Gasteiger partial charge in [-0.1, -0.05) is 78.3 Å². The molecule has 0 saturated carbocycles. The fourth-order valence-electron chi connectivity index (χ4n) is 8.64. The number of amides is 2. The highest BCUT2D eigenvalue weighted by Crippen LogP contribution is 2.39. The minimum absolute atomic E-state index is 0.0999. The average Bonchev–Trinajstić information content (AvgIpc) is 3.61. The number of benzene rings is 5. The minimum atomic E-state index is -3.17. The van der Waals surface area contributed by atoms with Crippen LogP contribution in [0, 0.1) is 13.8 Å². The van der Waals surface area contributed by atoms with E-state index in [0.717, 1.165) is 40.9 Å². The molecule has 13 heteroatoms. The number of rotatable bonds is 14. The van der Waals surface area contributed by atoms with E-state index in [4.69, 9.17) is 30.5 Å². The number of methoxy groups -OCH3 is 1. The van der Waals surface area contributed by atoms with Gasteiger partial charge >= 0.3 is 6.61 Å². The molecule has 6 aromatic rings. The van der Waals surface area contributed by atoms with Gasteiger partial charge in [0.25, 0.3) is 11.8 Å². The number of hydrogen-bond acceptors (Lipinski definition) is 7. The monoisotopic (exact) mass is 888 g/mol. The number of aromatic nitrogens is 1. The molecule has 332 valence electrons. The first-order valence-corrected chi connectivity index (χ1v) is 21.7. The molecule has 0 bridgehead atoms. The van der Waals surface area contributed by atoms with Gasteiger partial charge in [-0.2, -0.15) is 8.78 Å². The van der Waals surface area contributed by atoms with Crippen LogP contribution in [-0.4, -0.2) is 78.8 Å². The van der Waals surface area contributed by atoms with Crippen LogP contribution in [0.2, 0.25) is 5.02 Å². The Labute approximate surface area is 377 Å². The number of fused-ring (bicyclic) bond motifs is 1. The van der Waals surface area contributed by atoms with Crippen LogP contribution in [0.25, 0.3) is 11.3 Å². The predicted octanol–water partition coefficient (Wildman–Crippen LogP) is 9.90. The van der Waals surface area contributed by atoms with E-state index in [0.29, 0.717) is 79.0 Å². The summed E-state index contributed by atoms with van der Waals surface area (Å²) in [6.07, 6.45) is 0.618. The van der Waals surface area contributed by atoms with Gasteiger partial charge in [0, 0.05) is 61.9 Å². The third kappa shape index (κ3) is 9.64. The Morgan fingerprint density at radius 1 is 0.859 bits per heavy atom. The zero-order chi connectivity index (χ0) is 44.9. The molecule has 1 aromatic heterocycles. The van der Waals surface area contributed by atoms with Crippen molar-refractivity contribution in [3.63, 3.8) is 0 Å². The largest absolute Gasteiger partial charge is 0.496 e. The molecule has 10 nitrogen and oxygen atoms in total. The summed E-state index contributed by atoms with van der Waals surface area (Å²) in [5, 5.41) is -0.0999. The van der Waals surface area contributed by atoms with Crippen LogP contribution in [-0.2, 0) is 37.9 Å². The third-order valence-electron chi connectivity index (χ3n) is 12.3. The molecule has 2 aliphatic rings. The number of carbonyl (C=O) groups excluding carboxylic acids is 2. The van der Waals surface area contributed by atoms with Crippen molar-refractivity contribution in [2.24, 2.45) is 7.05 Å². The summed E-state index contributed by atoms with van der Waals surface area (Å²) in [4.78, 5) is 36.1. The van der Waals surface area contributed by atoms with Gasteiger partial charge in [-0.3, -0.25) is 14.5 Å². The van der Waals surface area contributed by atoms with Gasteiger partial charge in [0.2, 0.25) is 0 Å². The number of nitrogens with zero attached hydrogens (tertiary/aromatic N) is 4. The number of alkyl halides is 2. The van der Waals surface area contributed by atoms with E-state index >= 15 is 9.59 Å². The maximum absolute atomic E-state index is 15.2. The molecule has 8 rings (SSSR count). The SMILES string of the molecule is COc1cccc(CN(C(=O)c2cc(-c3cc(Cl)c(OC(F)F)cc3C(=O)N3Cc4ccccc4CC3CN3CCOCC3)n(C)c2C)c2ccc(OCc3ccccc3)cc2)c1C. The summed E-state index contributed by atoms with van der Waals surface area (Å²) in [5.41, 5.74) is 7.61. The lowest BCUT2D eigenvalue weighted by Crippen LogP contribution is -2.52. The number of halogens is 3. The van der Waals surface area contributed by atoms with Crippen molar-refractivity contribution in [3.8, 4) is 28.5 Å². The van der Waals surface area contributed by atoms with E-state index in [2.05, 4.69) is 11.0 Å². The minimum Gasteiger partial charge on any atom is -0.496 e. The fourth-order valence-corrected chi connectivity index (χ4v) is 8.85. The van der Waals surface area contributed by atoms with Crippen LogP contribution >= 0.6 is 11.6 Å². The lowest BCUT2D eigenvalue weighted by atomic mass is 9.92. The molecule has 5 aromatic carbocycles. The molecule has 64 heavy (non-hydrogen) atoms. The first kappa shape index (κ1) is 44.4. The molecule has 1 saturated heterocycles. The lowest BCUT2D eigenvalue weighted by molar-refractivity contribution is -0.0498. The third-order valence-corrected chi connectivity index (χ3v) is 12.6. The van der Waals surface area contributed by atoms with Crippen LogP contribution in [0.15, 0.2) is 115 Å². The van der Waals surface area contributed by atoms with Crippen molar-refractivity contribution >= 4 is 29.1 Å². The van der Waals surface area contributed by atoms with E-state index in [1.165, 1.54) is 12.1 Å². The number of anilines is 1. The van der Waals surface area contributed by atoms with E-state index in [9.17, 15) is 8.78 Å². The number of ether oxygens (including phenoxy) is 4.